The van der Waals surface area contributed by atoms with Gasteiger partial charge in [0.05, 0.1) is 27.4 Å². The number of benzene rings is 2. The van der Waals surface area contributed by atoms with Crippen molar-refractivity contribution in [1.29, 1.82) is 0 Å². The molecule has 214 valence electrons. The fourth-order valence-electron chi connectivity index (χ4n) is 3.60. The van der Waals surface area contributed by atoms with E-state index in [0.29, 0.717) is 19.8 Å². The third kappa shape index (κ3) is 15.4. The van der Waals surface area contributed by atoms with Crippen LogP contribution in [0.15, 0.2) is 60.4 Å². The van der Waals surface area contributed by atoms with Crippen molar-refractivity contribution in [2.24, 2.45) is 0 Å². The molecule has 7 nitrogen and oxygen atoms in total. The molecule has 0 atom stereocenters. The van der Waals surface area contributed by atoms with Crippen LogP contribution >= 0.6 is 0 Å². The number of ether oxygens (including phenoxy) is 4. The highest BCUT2D eigenvalue weighted by atomic mass is 16.6. The van der Waals surface area contributed by atoms with Gasteiger partial charge in [0.2, 0.25) is 5.76 Å². The Morgan fingerprint density at radius 3 is 2.26 bits per heavy atom. The molecule has 2 aromatic carbocycles. The van der Waals surface area contributed by atoms with Gasteiger partial charge in [-0.3, -0.25) is 0 Å². The average molecular weight is 541 g/mol. The number of methoxy groups -OCH3 is 2. The molecule has 0 saturated carbocycles. The topological polar surface area (TPSA) is 91.3 Å². The zero-order chi connectivity index (χ0) is 28.7. The van der Waals surface area contributed by atoms with E-state index in [4.69, 9.17) is 24.1 Å². The third-order valence-corrected chi connectivity index (χ3v) is 5.72. The van der Waals surface area contributed by atoms with E-state index in [-0.39, 0.29) is 5.76 Å². The number of hydrogen-bond acceptors (Lipinski definition) is 6. The molecule has 0 radical (unpaired) electrons. The van der Waals surface area contributed by atoms with Gasteiger partial charge in [0.15, 0.2) is 0 Å². The fraction of sp³-hybridized carbons (Fsp3) is 0.438. The summed E-state index contributed by atoms with van der Waals surface area (Å²) in [6.07, 6.45) is 12.2. The molecule has 39 heavy (non-hydrogen) atoms. The number of hydrogen-bond donors (Lipinski definition) is 1. The van der Waals surface area contributed by atoms with E-state index >= 15 is 0 Å². The highest BCUT2D eigenvalue weighted by molar-refractivity contribution is 5.91. The van der Waals surface area contributed by atoms with Crippen LogP contribution in [0.4, 0.5) is 0 Å². The Kier molecular flexibility index (Phi) is 18.3. The van der Waals surface area contributed by atoms with Gasteiger partial charge in [0.1, 0.15) is 5.75 Å². The van der Waals surface area contributed by atoms with Crippen molar-refractivity contribution in [3.05, 3.63) is 77.1 Å². The van der Waals surface area contributed by atoms with Crippen LogP contribution in [0.25, 0.3) is 12.2 Å². The lowest BCUT2D eigenvalue weighted by molar-refractivity contribution is -0.142. The van der Waals surface area contributed by atoms with Crippen LogP contribution in [0.1, 0.15) is 69.1 Å². The SMILES string of the molecule is CCCCCCCCOC(=O)C(=Cc1ccccc1)OC.CCOCCc1cc(OC)ccc1C=CC(=O)O. The van der Waals surface area contributed by atoms with Crippen LogP contribution in [-0.4, -0.2) is 51.1 Å². The first-order valence-electron chi connectivity index (χ1n) is 13.6. The lowest BCUT2D eigenvalue weighted by Crippen LogP contribution is -2.10. The smallest absolute Gasteiger partial charge is 0.373 e. The molecule has 2 rings (SSSR count). The van der Waals surface area contributed by atoms with Gasteiger partial charge in [-0.1, -0.05) is 75.4 Å². The van der Waals surface area contributed by atoms with Gasteiger partial charge in [0, 0.05) is 12.7 Å². The van der Waals surface area contributed by atoms with E-state index in [2.05, 4.69) is 6.92 Å². The summed E-state index contributed by atoms with van der Waals surface area (Å²) in [4.78, 5) is 22.4. The maximum atomic E-state index is 11.9. The van der Waals surface area contributed by atoms with Crippen LogP contribution in [0.5, 0.6) is 5.75 Å². The van der Waals surface area contributed by atoms with E-state index in [0.717, 1.165) is 47.8 Å². The summed E-state index contributed by atoms with van der Waals surface area (Å²) in [5.74, 6) is -0.349. The minimum atomic E-state index is -0.957. The van der Waals surface area contributed by atoms with Crippen LogP contribution < -0.4 is 4.74 Å². The molecule has 0 aromatic heterocycles. The van der Waals surface area contributed by atoms with Crippen molar-refractivity contribution in [2.45, 2.75) is 58.8 Å². The van der Waals surface area contributed by atoms with Gasteiger partial charge in [-0.15, -0.1) is 0 Å². The van der Waals surface area contributed by atoms with E-state index in [1.165, 1.54) is 32.8 Å². The zero-order valence-corrected chi connectivity index (χ0v) is 23.8. The summed E-state index contributed by atoms with van der Waals surface area (Å²) in [5, 5.41) is 8.64. The Hall–Kier alpha value is -3.58. The summed E-state index contributed by atoms with van der Waals surface area (Å²) in [6.45, 7) is 5.88. The summed E-state index contributed by atoms with van der Waals surface area (Å²) < 4.78 is 20.8. The van der Waals surface area contributed by atoms with Crippen LogP contribution in [0, 0.1) is 0 Å². The van der Waals surface area contributed by atoms with Crippen LogP contribution in [0.3, 0.4) is 0 Å². The molecule has 7 heteroatoms. The molecule has 0 heterocycles. The number of aliphatic carboxylic acids is 1. The van der Waals surface area contributed by atoms with Crippen molar-refractivity contribution >= 4 is 24.1 Å². The normalized spacial score (nSPS) is 11.0. The molecule has 0 amide bonds. The maximum Gasteiger partial charge on any atom is 0.373 e. The molecule has 0 bridgehead atoms. The monoisotopic (exact) mass is 540 g/mol. The van der Waals surface area contributed by atoms with E-state index < -0.39 is 11.9 Å². The lowest BCUT2D eigenvalue weighted by atomic mass is 10.0. The highest BCUT2D eigenvalue weighted by Crippen LogP contribution is 2.20. The van der Waals surface area contributed by atoms with Gasteiger partial charge in [-0.2, -0.15) is 0 Å². The van der Waals surface area contributed by atoms with Gasteiger partial charge in [0.25, 0.3) is 0 Å². The minimum Gasteiger partial charge on any atom is -0.497 e. The summed E-state index contributed by atoms with van der Waals surface area (Å²) in [6, 6.07) is 15.2. The first kappa shape index (κ1) is 33.4. The Morgan fingerprint density at radius 1 is 0.897 bits per heavy atom. The van der Waals surface area contributed by atoms with E-state index in [1.54, 1.807) is 19.3 Å². The van der Waals surface area contributed by atoms with E-state index in [9.17, 15) is 9.59 Å². The van der Waals surface area contributed by atoms with Gasteiger partial charge >= 0.3 is 11.9 Å². The predicted molar refractivity (Wildman–Crippen MR) is 156 cm³/mol. The number of carbonyl (C=O) groups is 2. The summed E-state index contributed by atoms with van der Waals surface area (Å²) in [7, 11) is 3.09. The summed E-state index contributed by atoms with van der Waals surface area (Å²) >= 11 is 0. The molecular formula is C32H44O7. The average Bonchev–Trinajstić information content (AvgIpc) is 2.95. The third-order valence-electron chi connectivity index (χ3n) is 5.72. The minimum absolute atomic E-state index is 0.243. The Bertz CT molecular complexity index is 1010. The second kappa shape index (κ2) is 21.4. The second-order valence-corrected chi connectivity index (χ2v) is 8.71. The molecular weight excluding hydrogens is 496 g/mol. The molecule has 0 spiro atoms. The number of carbonyl (C=O) groups excluding carboxylic acids is 1. The van der Waals surface area contributed by atoms with Crippen molar-refractivity contribution in [3.8, 4) is 5.75 Å². The molecule has 1 N–H and O–H groups in total. The number of esters is 1. The first-order valence-corrected chi connectivity index (χ1v) is 13.6. The highest BCUT2D eigenvalue weighted by Gasteiger charge is 2.11. The number of rotatable bonds is 17. The van der Waals surface area contributed by atoms with Crippen molar-refractivity contribution < 1.29 is 33.6 Å². The summed E-state index contributed by atoms with van der Waals surface area (Å²) in [5.41, 5.74) is 2.81. The Labute approximate surface area is 233 Å². The van der Waals surface area contributed by atoms with E-state index in [1.807, 2.05) is 55.5 Å². The van der Waals surface area contributed by atoms with Crippen molar-refractivity contribution in [2.75, 3.05) is 34.0 Å². The molecule has 2 aromatic rings. The zero-order valence-electron chi connectivity index (χ0n) is 23.8. The molecule has 0 saturated heterocycles. The molecule has 0 aliphatic carbocycles. The first-order chi connectivity index (χ1) is 18.9. The molecule has 0 aliphatic heterocycles. The lowest BCUT2D eigenvalue weighted by Gasteiger charge is -2.08. The molecule has 0 unspecified atom stereocenters. The maximum absolute atomic E-state index is 11.9. The van der Waals surface area contributed by atoms with Crippen LogP contribution in [-0.2, 0) is 30.2 Å². The standard InChI is InChI=1S/C18H26O3.C14H18O4/c1-3-4-5-6-7-11-14-21-18(19)17(20-2)15-16-12-9-8-10-13-16;1-3-18-9-8-12-10-13(17-2)6-4-11(12)5-7-14(15)16/h8-10,12-13,15H,3-7,11,14H2,1-2H3;4-7,10H,3,8-9H2,1-2H3,(H,15,16). The largest absolute Gasteiger partial charge is 0.497 e. The predicted octanol–water partition coefficient (Wildman–Crippen LogP) is 6.95. The second-order valence-electron chi connectivity index (χ2n) is 8.71. The molecule has 0 fully saturated rings. The Balaban J connectivity index is 0.000000395. The molecule has 0 aliphatic rings. The van der Waals surface area contributed by atoms with Gasteiger partial charge in [-0.05, 0) is 60.7 Å². The Morgan fingerprint density at radius 2 is 1.62 bits per heavy atom. The number of carboxylic acids is 1. The van der Waals surface area contributed by atoms with Crippen LogP contribution in [0.2, 0.25) is 0 Å². The van der Waals surface area contributed by atoms with Gasteiger partial charge < -0.3 is 24.1 Å². The quantitative estimate of drug-likeness (QED) is 0.100. The number of unbranched alkanes of at least 4 members (excludes halogenated alkanes) is 5. The number of carboxylic acid groups (broad SMARTS) is 1. The fourth-order valence-corrected chi connectivity index (χ4v) is 3.60. The van der Waals surface area contributed by atoms with Gasteiger partial charge in [-0.25, -0.2) is 9.59 Å². The van der Waals surface area contributed by atoms with Crippen molar-refractivity contribution in [1.82, 2.24) is 0 Å². The van der Waals surface area contributed by atoms with Crippen molar-refractivity contribution in [3.63, 3.8) is 0 Å².